The molecule has 0 unspecified atom stereocenters. The van der Waals surface area contributed by atoms with Crippen molar-refractivity contribution in [3.05, 3.63) is 130 Å². The zero-order valence-corrected chi connectivity index (χ0v) is 48.8. The number of carbonyl (C=O) groups excluding carboxylic acids is 6. The molecule has 0 spiro atoms. The number of aromatic nitrogens is 10. The van der Waals surface area contributed by atoms with Gasteiger partial charge in [0, 0.05) is 97.7 Å². The summed E-state index contributed by atoms with van der Waals surface area (Å²) in [5.41, 5.74) is 4.65. The van der Waals surface area contributed by atoms with Crippen molar-refractivity contribution in [1.82, 2.24) is 59.3 Å². The number of hydrogen-bond acceptors (Lipinski definition) is 16. The Bertz CT molecular complexity index is 3630. The number of ether oxygens (including phenoxy) is 2. The van der Waals surface area contributed by atoms with Gasteiger partial charge in [0.25, 0.3) is 0 Å². The Labute approximate surface area is 501 Å². The van der Waals surface area contributed by atoms with E-state index in [-0.39, 0.29) is 97.4 Å². The van der Waals surface area contributed by atoms with Gasteiger partial charge in [-0.25, -0.2) is 29.9 Å². The van der Waals surface area contributed by atoms with Crippen molar-refractivity contribution < 1.29 is 38.2 Å². The molecule has 436 valence electrons. The zero-order valence-electron chi connectivity index (χ0n) is 45.6. The van der Waals surface area contributed by atoms with E-state index in [1.165, 1.54) is 13.8 Å². The lowest BCUT2D eigenvalue weighted by Gasteiger charge is -2.26. The SMILES string of the molecule is C.C.COC[C@@]12C[C@@H](C(=O)Nc3cccc(Br)n3)N(C(=O)Cn3nc(C(C)=O)c4cc(-c5cnc(C)nc5)ccc43)[C@@H]1C2.COC[C@@]12C[C@@H]1N(C(=O)Cn1nc(C(C)=O)c3cc(-c4cnc(C)nc4)ccc31)[C@H](C(=O)Nc1cccc(Br)n1)C2. The van der Waals surface area contributed by atoms with E-state index in [9.17, 15) is 28.8 Å². The number of benzene rings is 2. The van der Waals surface area contributed by atoms with Gasteiger partial charge in [-0.2, -0.15) is 10.2 Å². The largest absolute Gasteiger partial charge is 0.384 e. The van der Waals surface area contributed by atoms with E-state index >= 15 is 0 Å². The number of aryl methyl sites for hydroxylation is 2. The third-order valence-electron chi connectivity index (χ3n) is 15.8. The van der Waals surface area contributed by atoms with Gasteiger partial charge in [-0.1, -0.05) is 39.1 Å². The van der Waals surface area contributed by atoms with Crippen molar-refractivity contribution in [3.63, 3.8) is 0 Å². The molecular weight excluding hydrogens is 1200 g/mol. The summed E-state index contributed by atoms with van der Waals surface area (Å²) in [6.07, 6.45) is 9.46. The third-order valence-corrected chi connectivity index (χ3v) is 16.7. The Balaban J connectivity index is 0.000000197. The molecule has 4 amide bonds. The maximum Gasteiger partial charge on any atom is 0.248 e. The summed E-state index contributed by atoms with van der Waals surface area (Å²) in [5.74, 6) is 0.619. The Morgan fingerprint density at radius 3 is 1.29 bits per heavy atom. The minimum Gasteiger partial charge on any atom is -0.384 e. The van der Waals surface area contributed by atoms with Crippen LogP contribution in [0.2, 0.25) is 0 Å². The highest BCUT2D eigenvalue weighted by molar-refractivity contribution is 9.10. The fourth-order valence-electron chi connectivity index (χ4n) is 11.8. The van der Waals surface area contributed by atoms with Gasteiger partial charge >= 0.3 is 0 Å². The predicted octanol–water partition coefficient (Wildman–Crippen LogP) is 8.89. The first-order valence-electron chi connectivity index (χ1n) is 26.5. The van der Waals surface area contributed by atoms with Crippen molar-refractivity contribution in [2.75, 3.05) is 38.1 Å². The van der Waals surface area contributed by atoms with E-state index in [0.29, 0.717) is 80.4 Å². The maximum atomic E-state index is 13.9. The lowest BCUT2D eigenvalue weighted by atomic mass is 10.00. The van der Waals surface area contributed by atoms with E-state index in [1.54, 1.807) is 94.6 Å². The normalized spacial score (nSPS) is 20.6. The summed E-state index contributed by atoms with van der Waals surface area (Å²) in [5, 5.41) is 16.1. The molecule has 2 saturated carbocycles. The third kappa shape index (κ3) is 11.9. The number of Topliss-reactive ketones (excluding diaryl/α,β-unsaturated/α-hetero) is 2. The van der Waals surface area contributed by atoms with Crippen LogP contribution in [0.5, 0.6) is 0 Å². The standard InChI is InChI=1S/2C29H28BrN7O4.2CH4/c2*1-16(38)27-20-9-18(19-12-31-17(2)32-13-19)7-8-21(20)36(35-27)14-26(39)37-22(10-29(15-41-3)11-23(29)37)28(40)34-25-6-4-5-24(30)33-25;;/h2*4-9,12-13,22-23H,10-11,14-15H2,1-3H3,(H,33,34,40);2*1H4/t22-,23+,29-;22-,23-,29+;;/m00../s1. The van der Waals surface area contributed by atoms with E-state index in [4.69, 9.17) is 9.47 Å². The van der Waals surface area contributed by atoms with Gasteiger partial charge in [-0.05, 0) is 131 Å². The fourth-order valence-corrected chi connectivity index (χ4v) is 12.5. The molecule has 0 radical (unpaired) electrons. The van der Waals surface area contributed by atoms with E-state index < -0.39 is 12.1 Å². The molecule has 0 bridgehead atoms. The monoisotopic (exact) mass is 1270 g/mol. The lowest BCUT2D eigenvalue weighted by molar-refractivity contribution is -0.138. The first-order valence-corrected chi connectivity index (χ1v) is 28.0. The van der Waals surface area contributed by atoms with E-state index in [2.05, 4.69) is 82.6 Å². The molecule has 8 heterocycles. The van der Waals surface area contributed by atoms with Gasteiger partial charge in [0.2, 0.25) is 23.6 Å². The van der Waals surface area contributed by atoms with Crippen molar-refractivity contribution in [1.29, 1.82) is 0 Å². The van der Waals surface area contributed by atoms with Gasteiger partial charge in [-0.15, -0.1) is 0 Å². The molecule has 22 nitrogen and oxygen atoms in total. The number of anilines is 2. The van der Waals surface area contributed by atoms with Crippen LogP contribution in [0.25, 0.3) is 44.1 Å². The van der Waals surface area contributed by atoms with Crippen molar-refractivity contribution in [2.45, 2.75) is 105 Å². The van der Waals surface area contributed by atoms with E-state index in [1.807, 2.05) is 50.2 Å². The molecule has 2 aliphatic carbocycles. The molecule has 6 atom stereocenters. The van der Waals surface area contributed by atoms with Gasteiger partial charge in [0.15, 0.2) is 11.6 Å². The lowest BCUT2D eigenvalue weighted by Crippen LogP contribution is -2.46. The number of nitrogens with one attached hydrogen (secondary N) is 2. The number of hydrogen-bond donors (Lipinski definition) is 2. The van der Waals surface area contributed by atoms with Crippen LogP contribution in [-0.2, 0) is 41.7 Å². The molecule has 2 saturated heterocycles. The van der Waals surface area contributed by atoms with Gasteiger partial charge in [0.05, 0.1) is 24.2 Å². The van der Waals surface area contributed by atoms with Crippen LogP contribution in [0.3, 0.4) is 0 Å². The van der Waals surface area contributed by atoms with Crippen molar-refractivity contribution in [3.8, 4) is 22.3 Å². The molecule has 12 rings (SSSR count). The molecule has 8 aromatic rings. The van der Waals surface area contributed by atoms with Crippen molar-refractivity contribution in [2.24, 2.45) is 10.8 Å². The van der Waals surface area contributed by atoms with Gasteiger partial charge < -0.3 is 29.9 Å². The first kappa shape index (κ1) is 60.5. The number of methoxy groups -OCH3 is 2. The van der Waals surface area contributed by atoms with Crippen LogP contribution in [0, 0.1) is 24.7 Å². The summed E-state index contributed by atoms with van der Waals surface area (Å²) >= 11 is 6.64. The molecule has 24 heteroatoms. The highest BCUT2D eigenvalue weighted by Crippen LogP contribution is 2.61. The number of likely N-dealkylation sites (tertiary alicyclic amines) is 2. The Morgan fingerprint density at radius 2 is 0.940 bits per heavy atom. The smallest absolute Gasteiger partial charge is 0.248 e. The van der Waals surface area contributed by atoms with Crippen LogP contribution in [0.4, 0.5) is 11.6 Å². The number of fused-ring (bicyclic) bond motifs is 4. The summed E-state index contributed by atoms with van der Waals surface area (Å²) in [7, 11) is 3.26. The minimum atomic E-state index is -0.681. The Hall–Kier alpha value is -8.06. The maximum absolute atomic E-state index is 13.9. The van der Waals surface area contributed by atoms with Crippen LogP contribution >= 0.6 is 31.9 Å². The highest BCUT2D eigenvalue weighted by Gasteiger charge is 2.68. The van der Waals surface area contributed by atoms with Crippen LogP contribution in [0.1, 0.15) is 87.0 Å². The second-order valence-corrected chi connectivity index (χ2v) is 23.0. The summed E-state index contributed by atoms with van der Waals surface area (Å²) < 4.78 is 15.2. The zero-order chi connectivity index (χ0) is 57.8. The number of pyridine rings is 2. The number of rotatable bonds is 16. The van der Waals surface area contributed by atoms with Gasteiger partial charge in [0.1, 0.15) is 69.1 Å². The van der Waals surface area contributed by atoms with Crippen LogP contribution < -0.4 is 10.6 Å². The second-order valence-electron chi connectivity index (χ2n) is 21.4. The summed E-state index contributed by atoms with van der Waals surface area (Å²) in [6.45, 7) is 7.23. The number of amides is 4. The topological polar surface area (TPSA) is 264 Å². The molecule has 84 heavy (non-hydrogen) atoms. The summed E-state index contributed by atoms with van der Waals surface area (Å²) in [6, 6.07) is 20.1. The molecule has 2 aromatic carbocycles. The first-order chi connectivity index (χ1) is 39.4. The number of nitrogens with zero attached hydrogens (tertiary/aromatic N) is 12. The van der Waals surface area contributed by atoms with E-state index in [0.717, 1.165) is 35.1 Å². The molecule has 4 fully saturated rings. The molecule has 6 aromatic heterocycles. The number of piperidine rings is 2. The number of halogens is 2. The Kier molecular flexibility index (Phi) is 17.5. The van der Waals surface area contributed by atoms with Gasteiger partial charge in [-0.3, -0.25) is 38.1 Å². The second kappa shape index (κ2) is 24.3. The highest BCUT2D eigenvalue weighted by atomic mass is 79.9. The van der Waals surface area contributed by atoms with Crippen molar-refractivity contribution >= 4 is 100 Å². The van der Waals surface area contributed by atoms with Crippen LogP contribution in [0.15, 0.2) is 107 Å². The quantitative estimate of drug-likeness (QED) is 0.0675. The Morgan fingerprint density at radius 1 is 0.560 bits per heavy atom. The average molecular weight is 1270 g/mol. The summed E-state index contributed by atoms with van der Waals surface area (Å²) in [4.78, 5) is 109. The molecule has 4 aliphatic rings. The number of carbonyl (C=O) groups is 6. The fraction of sp³-hybridized carbons (Fsp3) is 0.367. The minimum absolute atomic E-state index is 0. The van der Waals surface area contributed by atoms with Crippen LogP contribution in [-0.4, -0.2) is 146 Å². The molecule has 2 N–H and O–H groups in total. The number of ketones is 2. The molecule has 2 aliphatic heterocycles. The average Bonchev–Trinajstić information content (AvgIpc) is 1.63. The molecular formula is C60H64Br2N14O8. The predicted molar refractivity (Wildman–Crippen MR) is 322 cm³/mol.